The fourth-order valence-electron chi connectivity index (χ4n) is 0.178. The molecule has 8 heavy (non-hydrogen) atoms. The molecule has 0 amide bonds. The third kappa shape index (κ3) is 3.36. The Morgan fingerprint density at radius 2 is 2.75 bits per heavy atom. The van der Waals surface area contributed by atoms with Crippen LogP contribution in [0.2, 0.25) is 0 Å². The zero-order chi connectivity index (χ0) is 7.28. The standard InChI is InChI=1S/C5H8O3/c1-2-5(7)8-4-3-6/h2,6H,1,3-4H2/i3D. The number of carbonyl (C=O) groups excluding carboxylic acids is 1. The smallest absolute Gasteiger partial charge is 0.330 e. The van der Waals surface area contributed by atoms with Gasteiger partial charge >= 0.3 is 5.97 Å². The first-order chi connectivity index (χ1) is 4.16. The Morgan fingerprint density at radius 1 is 2.12 bits per heavy atom. The Hall–Kier alpha value is -0.830. The predicted octanol–water partition coefficient (Wildman–Crippen LogP) is -0.292. The zero-order valence-corrected chi connectivity index (χ0v) is 4.33. The molecule has 0 bridgehead atoms. The molecule has 0 spiro atoms. The summed E-state index contributed by atoms with van der Waals surface area (Å²) in [5.74, 6) is -0.624. The highest BCUT2D eigenvalue weighted by atomic mass is 16.5. The predicted molar refractivity (Wildman–Crippen MR) is 28.2 cm³/mol. The third-order valence-electron chi connectivity index (χ3n) is 0.467. The second-order valence-corrected chi connectivity index (χ2v) is 1.02. The lowest BCUT2D eigenvalue weighted by atomic mass is 10.6. The summed E-state index contributed by atoms with van der Waals surface area (Å²) in [5, 5.41) is 8.25. The molecule has 0 heterocycles. The molecule has 0 aliphatic rings. The molecule has 0 aromatic heterocycles. The number of hydrogen-bond donors (Lipinski definition) is 1. The molecule has 0 radical (unpaired) electrons. The number of aliphatic hydroxyl groups is 1. The van der Waals surface area contributed by atoms with Gasteiger partial charge < -0.3 is 9.84 Å². The minimum Gasteiger partial charge on any atom is -0.460 e. The third-order valence-corrected chi connectivity index (χ3v) is 0.467. The van der Waals surface area contributed by atoms with Crippen LogP contribution in [0.1, 0.15) is 1.37 Å². The maximum absolute atomic E-state index is 10.2. The highest BCUT2D eigenvalue weighted by Crippen LogP contribution is 1.75. The van der Waals surface area contributed by atoms with Crippen LogP contribution >= 0.6 is 0 Å². The van der Waals surface area contributed by atoms with E-state index in [4.69, 9.17) is 6.48 Å². The molecule has 3 heteroatoms. The van der Waals surface area contributed by atoms with E-state index in [0.717, 1.165) is 6.08 Å². The van der Waals surface area contributed by atoms with Gasteiger partial charge in [0.05, 0.1) is 7.95 Å². The van der Waals surface area contributed by atoms with Gasteiger partial charge in [0, 0.05) is 6.08 Å². The fourth-order valence-corrected chi connectivity index (χ4v) is 0.178. The molecule has 0 saturated carbocycles. The van der Waals surface area contributed by atoms with Crippen molar-refractivity contribution in [2.24, 2.45) is 0 Å². The van der Waals surface area contributed by atoms with Gasteiger partial charge in [-0.25, -0.2) is 4.79 Å². The van der Waals surface area contributed by atoms with Crippen LogP contribution in [0, 0.1) is 0 Å². The Labute approximate surface area is 49.0 Å². The van der Waals surface area contributed by atoms with Gasteiger partial charge in [0.2, 0.25) is 0 Å². The molecular formula is C5H8O3. The van der Waals surface area contributed by atoms with E-state index in [1.54, 1.807) is 0 Å². The van der Waals surface area contributed by atoms with Gasteiger partial charge in [-0.1, -0.05) is 6.58 Å². The van der Waals surface area contributed by atoms with Crippen molar-refractivity contribution in [3.8, 4) is 0 Å². The van der Waals surface area contributed by atoms with Gasteiger partial charge in [-0.3, -0.25) is 0 Å². The summed E-state index contributed by atoms with van der Waals surface area (Å²) in [6, 6.07) is 0. The first-order valence-electron chi connectivity index (χ1n) is 2.64. The minimum absolute atomic E-state index is 0.301. The van der Waals surface area contributed by atoms with E-state index in [-0.39, 0.29) is 6.61 Å². The summed E-state index contributed by atoms with van der Waals surface area (Å²) in [5.41, 5.74) is 0. The number of esters is 1. The monoisotopic (exact) mass is 117 g/mol. The number of hydrogen-bond acceptors (Lipinski definition) is 3. The average molecular weight is 117 g/mol. The van der Waals surface area contributed by atoms with E-state index in [9.17, 15) is 4.79 Å². The van der Waals surface area contributed by atoms with Crippen LogP contribution in [-0.2, 0) is 9.53 Å². The summed E-state index contributed by atoms with van der Waals surface area (Å²) in [4.78, 5) is 10.2. The molecule has 0 aromatic carbocycles. The fraction of sp³-hybridized carbons (Fsp3) is 0.400. The van der Waals surface area contributed by atoms with Crippen LogP contribution < -0.4 is 0 Å². The Kier molecular flexibility index (Phi) is 2.88. The van der Waals surface area contributed by atoms with Crippen molar-refractivity contribution < 1.29 is 16.0 Å². The molecule has 1 atom stereocenters. The second-order valence-electron chi connectivity index (χ2n) is 1.02. The molecular weight excluding hydrogens is 108 g/mol. The van der Waals surface area contributed by atoms with E-state index in [1.807, 2.05) is 0 Å². The highest BCUT2D eigenvalue weighted by Gasteiger charge is 1.90. The van der Waals surface area contributed by atoms with Crippen molar-refractivity contribution >= 4 is 5.97 Å². The van der Waals surface area contributed by atoms with Crippen LogP contribution in [0.3, 0.4) is 0 Å². The maximum Gasteiger partial charge on any atom is 0.330 e. The van der Waals surface area contributed by atoms with Crippen LogP contribution in [0.25, 0.3) is 0 Å². The lowest BCUT2D eigenvalue weighted by Gasteiger charge is -1.94. The zero-order valence-electron chi connectivity index (χ0n) is 5.33. The Bertz CT molecular complexity index is 111. The lowest BCUT2D eigenvalue weighted by Crippen LogP contribution is -2.04. The summed E-state index contributed by atoms with van der Waals surface area (Å²) in [7, 11) is 0. The van der Waals surface area contributed by atoms with E-state index in [1.165, 1.54) is 0 Å². The van der Waals surface area contributed by atoms with Gasteiger partial charge in [-0.2, -0.15) is 0 Å². The molecule has 0 fully saturated rings. The van der Waals surface area contributed by atoms with Crippen molar-refractivity contribution in [1.29, 1.82) is 0 Å². The van der Waals surface area contributed by atoms with Crippen LogP contribution in [0.4, 0.5) is 0 Å². The summed E-state index contributed by atoms with van der Waals surface area (Å²) < 4.78 is 10.7. The second kappa shape index (κ2) is 4.33. The SMILES string of the molecule is [2H]C(O)COC(=O)C=C. The van der Waals surface area contributed by atoms with Crippen molar-refractivity contribution in [2.45, 2.75) is 0 Å². The quantitative estimate of drug-likeness (QED) is 0.408. The highest BCUT2D eigenvalue weighted by molar-refractivity contribution is 5.81. The summed E-state index contributed by atoms with van der Waals surface area (Å²) in [6.07, 6.45) is 0.975. The largest absolute Gasteiger partial charge is 0.460 e. The van der Waals surface area contributed by atoms with Crippen molar-refractivity contribution in [3.05, 3.63) is 12.7 Å². The van der Waals surface area contributed by atoms with Crippen molar-refractivity contribution in [1.82, 2.24) is 0 Å². The van der Waals surface area contributed by atoms with Gasteiger partial charge in [0.25, 0.3) is 0 Å². The van der Waals surface area contributed by atoms with Gasteiger partial charge in [0.1, 0.15) is 6.61 Å². The average Bonchev–Trinajstić information content (AvgIpc) is 1.83. The first kappa shape index (κ1) is 5.31. The molecule has 0 rings (SSSR count). The molecule has 1 unspecified atom stereocenters. The number of carbonyl (C=O) groups is 1. The van der Waals surface area contributed by atoms with Crippen LogP contribution in [0.5, 0.6) is 0 Å². The van der Waals surface area contributed by atoms with E-state index in [0.29, 0.717) is 0 Å². The lowest BCUT2D eigenvalue weighted by molar-refractivity contribution is -0.138. The number of rotatable bonds is 3. The summed E-state index contributed by atoms with van der Waals surface area (Å²) >= 11 is 0. The normalized spacial score (nSPS) is 13.9. The molecule has 1 N–H and O–H groups in total. The molecule has 0 saturated heterocycles. The van der Waals surface area contributed by atoms with Crippen molar-refractivity contribution in [2.75, 3.05) is 13.2 Å². The number of aliphatic hydroxyl groups excluding tert-OH is 1. The molecule has 0 aromatic rings. The molecule has 46 valence electrons. The molecule has 3 nitrogen and oxygen atoms in total. The van der Waals surface area contributed by atoms with Gasteiger partial charge in [-0.15, -0.1) is 0 Å². The minimum atomic E-state index is -1.35. The Balaban J connectivity index is 3.27. The van der Waals surface area contributed by atoms with Gasteiger partial charge in [0.15, 0.2) is 0 Å². The Morgan fingerprint density at radius 3 is 3.12 bits per heavy atom. The summed E-state index contributed by atoms with van der Waals surface area (Å²) in [6.45, 7) is 1.47. The topological polar surface area (TPSA) is 46.5 Å². The van der Waals surface area contributed by atoms with Crippen molar-refractivity contribution in [3.63, 3.8) is 0 Å². The van der Waals surface area contributed by atoms with Crippen LogP contribution in [0.15, 0.2) is 12.7 Å². The van der Waals surface area contributed by atoms with E-state index in [2.05, 4.69) is 11.3 Å². The van der Waals surface area contributed by atoms with E-state index >= 15 is 0 Å². The van der Waals surface area contributed by atoms with Crippen LogP contribution in [-0.4, -0.2) is 24.3 Å². The first-order valence-corrected chi connectivity index (χ1v) is 2.06. The molecule has 0 aliphatic heterocycles. The maximum atomic E-state index is 10.2. The molecule has 0 aliphatic carbocycles. The van der Waals surface area contributed by atoms with Gasteiger partial charge in [-0.05, 0) is 0 Å². The van der Waals surface area contributed by atoms with E-state index < -0.39 is 12.6 Å². The number of ether oxygens (including phenoxy) is 1.